The quantitative estimate of drug-likeness (QED) is 0.0267. The molecule has 65 heavy (non-hydrogen) atoms. The van der Waals surface area contributed by atoms with Gasteiger partial charge in [0.15, 0.2) is 6.29 Å². The SMILES string of the molecule is CC/C=C\C/C=C\C/C=C\C/C=C\C/C=C\CCCCCCCC(=O)OC(COCCCCCCCCCCCCCCCCCCCCCCC)COC1OC(CO)C(O)C(O)C1O. The summed E-state index contributed by atoms with van der Waals surface area (Å²) in [7, 11) is 0. The van der Waals surface area contributed by atoms with Crippen molar-refractivity contribution in [3.05, 3.63) is 60.8 Å². The fraction of sp³-hybridized carbons (Fsp3) is 0.804. The van der Waals surface area contributed by atoms with Crippen molar-refractivity contribution in [1.82, 2.24) is 0 Å². The van der Waals surface area contributed by atoms with Gasteiger partial charge in [0.2, 0.25) is 0 Å². The molecule has 0 spiro atoms. The number of esters is 1. The van der Waals surface area contributed by atoms with Crippen LogP contribution >= 0.6 is 0 Å². The number of unbranched alkanes of at least 4 members (excludes halogenated alkanes) is 25. The van der Waals surface area contributed by atoms with E-state index in [-0.39, 0.29) is 19.2 Å². The number of rotatable bonds is 46. The molecular weight excluding hydrogens is 817 g/mol. The van der Waals surface area contributed by atoms with E-state index in [9.17, 15) is 25.2 Å². The third kappa shape index (κ3) is 37.5. The third-order valence-corrected chi connectivity index (χ3v) is 12.2. The molecular formula is C56H100O9. The Kier molecular flexibility index (Phi) is 44.0. The van der Waals surface area contributed by atoms with Crippen LogP contribution in [0.2, 0.25) is 0 Å². The van der Waals surface area contributed by atoms with Crippen LogP contribution in [-0.2, 0) is 23.7 Å². The molecule has 0 aromatic heterocycles. The summed E-state index contributed by atoms with van der Waals surface area (Å²) in [5.41, 5.74) is 0. The van der Waals surface area contributed by atoms with Crippen molar-refractivity contribution >= 4 is 5.97 Å². The number of hydrogen-bond donors (Lipinski definition) is 4. The van der Waals surface area contributed by atoms with Crippen LogP contribution < -0.4 is 0 Å². The number of aliphatic hydroxyl groups is 4. The molecule has 0 aromatic rings. The molecule has 1 fully saturated rings. The molecule has 0 radical (unpaired) electrons. The molecule has 1 saturated heterocycles. The molecule has 378 valence electrons. The lowest BCUT2D eigenvalue weighted by Gasteiger charge is -2.39. The molecule has 0 saturated carbocycles. The van der Waals surface area contributed by atoms with Gasteiger partial charge in [-0.3, -0.25) is 4.79 Å². The summed E-state index contributed by atoms with van der Waals surface area (Å²) in [6.45, 7) is 4.45. The van der Waals surface area contributed by atoms with Crippen molar-refractivity contribution in [1.29, 1.82) is 0 Å². The largest absolute Gasteiger partial charge is 0.457 e. The van der Waals surface area contributed by atoms with Crippen molar-refractivity contribution in [2.24, 2.45) is 0 Å². The molecule has 6 unspecified atom stereocenters. The van der Waals surface area contributed by atoms with E-state index in [2.05, 4.69) is 74.6 Å². The minimum Gasteiger partial charge on any atom is -0.457 e. The minimum absolute atomic E-state index is 0.121. The van der Waals surface area contributed by atoms with E-state index < -0.39 is 43.4 Å². The third-order valence-electron chi connectivity index (χ3n) is 12.2. The standard InChI is InChI=1S/C56H100O9/c1-3-5-7-9-11-13-15-17-19-21-23-25-27-29-31-33-35-37-39-41-43-45-52(58)64-50(49-63-56-55(61)54(60)53(59)51(47-57)65-56)48-62-46-44-42-40-38-36-34-32-30-28-26-24-22-20-18-16-14-12-10-8-6-4-2/h5,7,11,13,17,19,23,25,29,31,50-51,53-57,59-61H,3-4,6,8-10,12,14-16,18,20-22,24,26-28,30,32-49H2,1-2H3/b7-5-,13-11-,19-17-,25-23-,31-29-. The summed E-state index contributed by atoms with van der Waals surface area (Å²) in [4.78, 5) is 12.9. The molecule has 9 heteroatoms. The van der Waals surface area contributed by atoms with Gasteiger partial charge in [0.1, 0.15) is 30.5 Å². The number of carbonyl (C=O) groups is 1. The highest BCUT2D eigenvalue weighted by molar-refractivity contribution is 5.69. The number of aliphatic hydroxyl groups excluding tert-OH is 4. The molecule has 6 atom stereocenters. The monoisotopic (exact) mass is 917 g/mol. The van der Waals surface area contributed by atoms with Crippen molar-refractivity contribution < 1.29 is 44.2 Å². The summed E-state index contributed by atoms with van der Waals surface area (Å²) in [6.07, 6.45) is 54.0. The molecule has 0 aromatic carbocycles. The molecule has 4 N–H and O–H groups in total. The van der Waals surface area contributed by atoms with Crippen molar-refractivity contribution in [2.45, 2.75) is 263 Å². The van der Waals surface area contributed by atoms with Crippen LogP contribution in [0.25, 0.3) is 0 Å². The van der Waals surface area contributed by atoms with E-state index in [1.807, 2.05) is 0 Å². The van der Waals surface area contributed by atoms with Gasteiger partial charge in [-0.15, -0.1) is 0 Å². The Balaban J connectivity index is 2.20. The van der Waals surface area contributed by atoms with Gasteiger partial charge >= 0.3 is 5.97 Å². The predicted molar refractivity (Wildman–Crippen MR) is 270 cm³/mol. The number of carbonyl (C=O) groups excluding carboxylic acids is 1. The molecule has 1 aliphatic heterocycles. The van der Waals surface area contributed by atoms with Gasteiger partial charge in [-0.05, 0) is 57.8 Å². The van der Waals surface area contributed by atoms with Gasteiger partial charge in [-0.25, -0.2) is 0 Å². The Hall–Kier alpha value is -2.11. The molecule has 0 bridgehead atoms. The molecule has 0 amide bonds. The summed E-state index contributed by atoms with van der Waals surface area (Å²) in [5.74, 6) is -0.330. The molecule has 1 rings (SSSR count). The van der Waals surface area contributed by atoms with Gasteiger partial charge in [-0.1, -0.05) is 222 Å². The summed E-state index contributed by atoms with van der Waals surface area (Å²) < 4.78 is 22.9. The first-order valence-electron chi connectivity index (χ1n) is 26.9. The van der Waals surface area contributed by atoms with Crippen LogP contribution in [0.3, 0.4) is 0 Å². The first-order chi connectivity index (χ1) is 31.9. The number of ether oxygens (including phenoxy) is 4. The van der Waals surface area contributed by atoms with E-state index in [0.717, 1.165) is 83.5 Å². The Morgan fingerprint density at radius 3 is 1.42 bits per heavy atom. The smallest absolute Gasteiger partial charge is 0.306 e. The lowest BCUT2D eigenvalue weighted by Crippen LogP contribution is -2.59. The summed E-state index contributed by atoms with van der Waals surface area (Å²) >= 11 is 0. The second-order valence-electron chi connectivity index (χ2n) is 18.3. The van der Waals surface area contributed by atoms with Crippen molar-refractivity contribution in [2.75, 3.05) is 26.4 Å². The maximum atomic E-state index is 12.9. The average Bonchev–Trinajstić information content (AvgIpc) is 3.31. The first kappa shape index (κ1) is 60.9. The Bertz CT molecular complexity index is 1180. The highest BCUT2D eigenvalue weighted by Gasteiger charge is 2.44. The van der Waals surface area contributed by atoms with Crippen LogP contribution in [-0.4, -0.2) is 89.6 Å². The van der Waals surface area contributed by atoms with E-state index in [1.54, 1.807) is 0 Å². The molecule has 1 heterocycles. The first-order valence-corrected chi connectivity index (χ1v) is 26.9. The Morgan fingerprint density at radius 2 is 0.938 bits per heavy atom. The zero-order valence-electron chi connectivity index (χ0n) is 41.7. The molecule has 0 aliphatic carbocycles. The predicted octanol–water partition coefficient (Wildman–Crippen LogP) is 13.4. The summed E-state index contributed by atoms with van der Waals surface area (Å²) in [6, 6.07) is 0. The Labute approximate surface area is 398 Å². The van der Waals surface area contributed by atoms with Gasteiger partial charge in [0.25, 0.3) is 0 Å². The average molecular weight is 917 g/mol. The van der Waals surface area contributed by atoms with Crippen LogP contribution in [0.5, 0.6) is 0 Å². The summed E-state index contributed by atoms with van der Waals surface area (Å²) in [5, 5.41) is 40.3. The lowest BCUT2D eigenvalue weighted by atomic mass is 9.99. The zero-order valence-corrected chi connectivity index (χ0v) is 41.7. The van der Waals surface area contributed by atoms with E-state index in [1.165, 1.54) is 122 Å². The van der Waals surface area contributed by atoms with Crippen LogP contribution in [0.4, 0.5) is 0 Å². The van der Waals surface area contributed by atoms with Gasteiger partial charge < -0.3 is 39.4 Å². The lowest BCUT2D eigenvalue weighted by molar-refractivity contribution is -0.305. The van der Waals surface area contributed by atoms with Gasteiger partial charge in [0, 0.05) is 13.0 Å². The van der Waals surface area contributed by atoms with E-state index in [4.69, 9.17) is 18.9 Å². The van der Waals surface area contributed by atoms with Crippen molar-refractivity contribution in [3.63, 3.8) is 0 Å². The van der Waals surface area contributed by atoms with Gasteiger partial charge in [-0.2, -0.15) is 0 Å². The second kappa shape index (κ2) is 47.0. The number of hydrogen-bond acceptors (Lipinski definition) is 9. The maximum absolute atomic E-state index is 12.9. The van der Waals surface area contributed by atoms with Crippen LogP contribution in [0.15, 0.2) is 60.8 Å². The molecule has 9 nitrogen and oxygen atoms in total. The maximum Gasteiger partial charge on any atom is 0.306 e. The zero-order chi connectivity index (χ0) is 47.1. The minimum atomic E-state index is -1.54. The molecule has 1 aliphatic rings. The second-order valence-corrected chi connectivity index (χ2v) is 18.3. The fourth-order valence-electron chi connectivity index (χ4n) is 8.05. The van der Waals surface area contributed by atoms with E-state index >= 15 is 0 Å². The fourth-order valence-corrected chi connectivity index (χ4v) is 8.05. The Morgan fingerprint density at radius 1 is 0.508 bits per heavy atom. The number of allylic oxidation sites excluding steroid dienone is 10. The van der Waals surface area contributed by atoms with Crippen molar-refractivity contribution in [3.8, 4) is 0 Å². The van der Waals surface area contributed by atoms with Crippen LogP contribution in [0.1, 0.15) is 226 Å². The van der Waals surface area contributed by atoms with Gasteiger partial charge in [0.05, 0.1) is 19.8 Å². The highest BCUT2D eigenvalue weighted by atomic mass is 16.7. The van der Waals surface area contributed by atoms with E-state index in [0.29, 0.717) is 13.0 Å². The normalized spacial score (nSPS) is 19.9. The highest BCUT2D eigenvalue weighted by Crippen LogP contribution is 2.23. The van der Waals surface area contributed by atoms with Crippen LogP contribution in [0, 0.1) is 0 Å². The topological polar surface area (TPSA) is 135 Å².